The first-order chi connectivity index (χ1) is 15.6. The van der Waals surface area contributed by atoms with Crippen LogP contribution in [-0.2, 0) is 22.4 Å². The van der Waals surface area contributed by atoms with Gasteiger partial charge in [0.2, 0.25) is 5.91 Å². The summed E-state index contributed by atoms with van der Waals surface area (Å²) in [5, 5.41) is 11.4. The molecule has 0 spiro atoms. The zero-order chi connectivity index (χ0) is 22.2. The number of hydrogen-bond donors (Lipinski definition) is 0. The van der Waals surface area contributed by atoms with Gasteiger partial charge in [0.1, 0.15) is 11.1 Å². The van der Waals surface area contributed by atoms with Crippen LogP contribution in [0.5, 0.6) is 0 Å². The fraction of sp³-hybridized carbons (Fsp3) is 0.423. The number of nitrogens with zero attached hydrogens (tertiary/aromatic N) is 2. The minimum absolute atomic E-state index is 0.0332. The van der Waals surface area contributed by atoms with Crippen molar-refractivity contribution in [1.29, 1.82) is 5.26 Å². The fourth-order valence-electron chi connectivity index (χ4n) is 5.41. The Morgan fingerprint density at radius 1 is 1.03 bits per heavy atom. The monoisotopic (exact) mass is 464 g/mol. The minimum Gasteiger partial charge on any atom is -0.294 e. The standard InChI is InChI=1S/C26H25ClN2O2S/c27-17-8-5-7-16(13-17)19-14-24(31)29(21-10-6-11-22(30)25(19)21)26-20(15-28)18-9-3-1-2-4-12-23(18)32-26/h5,7-8,13,19H,1-4,6,9-12,14H2. The van der Waals surface area contributed by atoms with Gasteiger partial charge in [-0.1, -0.05) is 36.6 Å². The van der Waals surface area contributed by atoms with E-state index in [1.807, 2.05) is 18.2 Å². The number of benzene rings is 1. The van der Waals surface area contributed by atoms with E-state index in [1.54, 1.807) is 22.3 Å². The molecule has 164 valence electrons. The Kier molecular flexibility index (Phi) is 5.92. The maximum atomic E-state index is 13.6. The predicted molar refractivity (Wildman–Crippen MR) is 127 cm³/mol. The highest BCUT2D eigenvalue weighted by Crippen LogP contribution is 2.47. The van der Waals surface area contributed by atoms with Crippen LogP contribution in [0.25, 0.3) is 0 Å². The highest BCUT2D eigenvalue weighted by Gasteiger charge is 2.41. The number of Topliss-reactive ketones (excluding diaryl/α,β-unsaturated/α-hetero) is 1. The van der Waals surface area contributed by atoms with Gasteiger partial charge in [0, 0.05) is 39.9 Å². The van der Waals surface area contributed by atoms with Crippen LogP contribution in [-0.4, -0.2) is 11.7 Å². The number of hydrogen-bond acceptors (Lipinski definition) is 4. The highest BCUT2D eigenvalue weighted by molar-refractivity contribution is 7.16. The lowest BCUT2D eigenvalue weighted by Gasteiger charge is -2.37. The number of carbonyl (C=O) groups excluding carboxylic acids is 2. The molecule has 2 heterocycles. The summed E-state index contributed by atoms with van der Waals surface area (Å²) in [5.74, 6) is -0.192. The van der Waals surface area contributed by atoms with Gasteiger partial charge in [0.05, 0.1) is 5.56 Å². The van der Waals surface area contributed by atoms with Gasteiger partial charge in [-0.2, -0.15) is 5.26 Å². The van der Waals surface area contributed by atoms with Crippen molar-refractivity contribution >= 4 is 39.6 Å². The predicted octanol–water partition coefficient (Wildman–Crippen LogP) is 6.46. The molecular formula is C26H25ClN2O2S. The van der Waals surface area contributed by atoms with Gasteiger partial charge in [-0.15, -0.1) is 11.3 Å². The number of anilines is 1. The third kappa shape index (κ3) is 3.70. The third-order valence-corrected chi connectivity index (χ3v) is 8.41. The average molecular weight is 465 g/mol. The Morgan fingerprint density at radius 2 is 1.84 bits per heavy atom. The lowest BCUT2D eigenvalue weighted by atomic mass is 9.77. The number of amides is 1. The molecule has 3 aliphatic rings. The zero-order valence-corrected chi connectivity index (χ0v) is 19.5. The number of halogens is 1. The summed E-state index contributed by atoms with van der Waals surface area (Å²) in [6.07, 6.45) is 8.59. The van der Waals surface area contributed by atoms with Crippen LogP contribution in [0.1, 0.15) is 78.9 Å². The number of ketones is 1. The van der Waals surface area contributed by atoms with Gasteiger partial charge in [-0.3, -0.25) is 14.5 Å². The van der Waals surface area contributed by atoms with Gasteiger partial charge in [-0.25, -0.2) is 0 Å². The largest absolute Gasteiger partial charge is 0.294 e. The maximum absolute atomic E-state index is 13.6. The van der Waals surface area contributed by atoms with E-state index in [1.165, 1.54) is 17.7 Å². The molecule has 32 heavy (non-hydrogen) atoms. The third-order valence-electron chi connectivity index (χ3n) is 6.89. The molecule has 0 saturated heterocycles. The van der Waals surface area contributed by atoms with Gasteiger partial charge >= 0.3 is 0 Å². The molecule has 4 nitrogen and oxygen atoms in total. The number of rotatable bonds is 2. The van der Waals surface area contributed by atoms with Crippen LogP contribution in [0.3, 0.4) is 0 Å². The molecule has 1 aromatic heterocycles. The second-order valence-corrected chi connectivity index (χ2v) is 10.4. The summed E-state index contributed by atoms with van der Waals surface area (Å²) < 4.78 is 0. The van der Waals surface area contributed by atoms with Crippen molar-refractivity contribution < 1.29 is 9.59 Å². The Bertz CT molecular complexity index is 1170. The lowest BCUT2D eigenvalue weighted by Crippen LogP contribution is -2.40. The van der Waals surface area contributed by atoms with Crippen molar-refractivity contribution in [2.75, 3.05) is 4.90 Å². The Morgan fingerprint density at radius 3 is 2.62 bits per heavy atom. The summed E-state index contributed by atoms with van der Waals surface area (Å²) in [4.78, 5) is 29.7. The van der Waals surface area contributed by atoms with Crippen LogP contribution in [0.15, 0.2) is 35.5 Å². The topological polar surface area (TPSA) is 61.2 Å². The van der Waals surface area contributed by atoms with Gasteiger partial charge in [-0.05, 0) is 61.8 Å². The first-order valence-corrected chi connectivity index (χ1v) is 12.7. The Labute approximate surface area is 197 Å². The van der Waals surface area contributed by atoms with Crippen molar-refractivity contribution in [1.82, 2.24) is 0 Å². The highest BCUT2D eigenvalue weighted by atomic mass is 35.5. The van der Waals surface area contributed by atoms with E-state index < -0.39 is 0 Å². The maximum Gasteiger partial charge on any atom is 0.232 e. The van der Waals surface area contributed by atoms with E-state index in [9.17, 15) is 14.9 Å². The van der Waals surface area contributed by atoms with E-state index in [0.29, 0.717) is 23.4 Å². The van der Waals surface area contributed by atoms with E-state index in [0.717, 1.165) is 59.5 Å². The molecular weight excluding hydrogens is 440 g/mol. The van der Waals surface area contributed by atoms with Gasteiger partial charge in [0.25, 0.3) is 0 Å². The van der Waals surface area contributed by atoms with E-state index in [4.69, 9.17) is 11.6 Å². The van der Waals surface area contributed by atoms with Crippen molar-refractivity contribution in [2.24, 2.45) is 0 Å². The van der Waals surface area contributed by atoms with Gasteiger partial charge < -0.3 is 0 Å². The number of carbonyl (C=O) groups is 2. The molecule has 1 unspecified atom stereocenters. The molecule has 0 N–H and O–H groups in total. The smallest absolute Gasteiger partial charge is 0.232 e. The second-order valence-electron chi connectivity index (χ2n) is 8.89. The first kappa shape index (κ1) is 21.4. The quantitative estimate of drug-likeness (QED) is 0.512. The molecule has 2 aromatic rings. The lowest BCUT2D eigenvalue weighted by molar-refractivity contribution is -0.119. The second kappa shape index (κ2) is 8.84. The summed E-state index contributed by atoms with van der Waals surface area (Å²) in [6.45, 7) is 0. The Balaban J connectivity index is 1.66. The van der Waals surface area contributed by atoms with Crippen molar-refractivity contribution in [2.45, 2.75) is 70.1 Å². The van der Waals surface area contributed by atoms with E-state index in [2.05, 4.69) is 6.07 Å². The number of thiophene rings is 1. The molecule has 0 fully saturated rings. The molecule has 1 aliphatic heterocycles. The molecule has 6 heteroatoms. The molecule has 1 atom stereocenters. The zero-order valence-electron chi connectivity index (χ0n) is 18.0. The van der Waals surface area contributed by atoms with Crippen LogP contribution < -0.4 is 4.90 Å². The SMILES string of the molecule is N#Cc1c(N2C(=O)CC(c3cccc(Cl)c3)C3=C2CCCC3=O)sc2c1CCCCCC2. The normalized spacial score (nSPS) is 21.5. The summed E-state index contributed by atoms with van der Waals surface area (Å²) >= 11 is 7.82. The molecule has 1 aromatic carbocycles. The molecule has 0 saturated carbocycles. The molecule has 1 amide bonds. The summed E-state index contributed by atoms with van der Waals surface area (Å²) in [7, 11) is 0. The summed E-state index contributed by atoms with van der Waals surface area (Å²) in [6, 6.07) is 9.90. The van der Waals surface area contributed by atoms with Crippen LogP contribution in [0.4, 0.5) is 5.00 Å². The molecule has 0 bridgehead atoms. The number of nitriles is 1. The molecule has 5 rings (SSSR count). The first-order valence-electron chi connectivity index (χ1n) is 11.5. The fourth-order valence-corrected chi connectivity index (χ4v) is 6.99. The average Bonchev–Trinajstić information content (AvgIpc) is 3.09. The van der Waals surface area contributed by atoms with E-state index >= 15 is 0 Å². The van der Waals surface area contributed by atoms with Crippen molar-refractivity contribution in [3.05, 3.63) is 62.1 Å². The number of allylic oxidation sites excluding steroid dienone is 2. The number of aryl methyl sites for hydroxylation is 1. The minimum atomic E-state index is -0.272. The Hall–Kier alpha value is -2.42. The van der Waals surface area contributed by atoms with Crippen LogP contribution >= 0.6 is 22.9 Å². The van der Waals surface area contributed by atoms with Crippen molar-refractivity contribution in [3.8, 4) is 6.07 Å². The number of fused-ring (bicyclic) bond motifs is 1. The van der Waals surface area contributed by atoms with E-state index in [-0.39, 0.29) is 24.0 Å². The van der Waals surface area contributed by atoms with Gasteiger partial charge in [0.15, 0.2) is 5.78 Å². The van der Waals surface area contributed by atoms with Crippen molar-refractivity contribution in [3.63, 3.8) is 0 Å². The molecule has 0 radical (unpaired) electrons. The van der Waals surface area contributed by atoms with Crippen LogP contribution in [0.2, 0.25) is 5.02 Å². The summed E-state index contributed by atoms with van der Waals surface area (Å²) in [5.41, 5.74) is 4.22. The van der Waals surface area contributed by atoms with Crippen LogP contribution in [0, 0.1) is 11.3 Å². The molecule has 2 aliphatic carbocycles.